The largest absolute Gasteiger partial charge is 0.434 e. The molecule has 0 aliphatic carbocycles. The summed E-state index contributed by atoms with van der Waals surface area (Å²) in [7, 11) is 0. The van der Waals surface area contributed by atoms with Crippen molar-refractivity contribution in [2.24, 2.45) is 0 Å². The summed E-state index contributed by atoms with van der Waals surface area (Å²) in [6.45, 7) is 0. The normalized spacial score (nSPS) is 19.0. The second-order valence-corrected chi connectivity index (χ2v) is 7.17. The standard InChI is InChI=1S/C11H2Cl3F17/c12-1(3(16)17)2(15)5(19,20)8(25,10(26,27)28)6(21,22)4(18)7(23,24)9(13,14)11(29,30)31/h2,4H. The lowest BCUT2D eigenvalue weighted by Gasteiger charge is -2.44. The van der Waals surface area contributed by atoms with Crippen LogP contribution in [-0.2, 0) is 0 Å². The summed E-state index contributed by atoms with van der Waals surface area (Å²) in [6.07, 6.45) is -30.8. The fourth-order valence-electron chi connectivity index (χ4n) is 1.78. The van der Waals surface area contributed by atoms with E-state index in [0.29, 0.717) is 0 Å². The molecular formula is C11H2Cl3F17. The van der Waals surface area contributed by atoms with Gasteiger partial charge in [0.25, 0.3) is 10.4 Å². The molecule has 3 unspecified atom stereocenters. The first-order chi connectivity index (χ1) is 13.2. The molecule has 0 saturated carbocycles. The van der Waals surface area contributed by atoms with Crippen LogP contribution in [-0.4, -0.2) is 52.5 Å². The highest BCUT2D eigenvalue weighted by Gasteiger charge is 2.90. The number of alkyl halides is 17. The van der Waals surface area contributed by atoms with Crippen molar-refractivity contribution in [3.63, 3.8) is 0 Å². The minimum Gasteiger partial charge on any atom is -0.234 e. The topological polar surface area (TPSA) is 0 Å². The van der Waals surface area contributed by atoms with Crippen LogP contribution in [0.15, 0.2) is 11.1 Å². The van der Waals surface area contributed by atoms with Gasteiger partial charge in [0.15, 0.2) is 0 Å². The summed E-state index contributed by atoms with van der Waals surface area (Å²) in [5.74, 6) is -22.9. The van der Waals surface area contributed by atoms with Crippen molar-refractivity contribution in [2.75, 3.05) is 0 Å². The molecule has 0 rings (SSSR count). The lowest BCUT2D eigenvalue weighted by Crippen LogP contribution is -2.74. The molecule has 0 heterocycles. The molecule has 0 aliphatic rings. The second kappa shape index (κ2) is 8.33. The van der Waals surface area contributed by atoms with Crippen molar-refractivity contribution < 1.29 is 74.6 Å². The van der Waals surface area contributed by atoms with Gasteiger partial charge in [0.05, 0.1) is 0 Å². The summed E-state index contributed by atoms with van der Waals surface area (Å²) in [5.41, 5.74) is -8.19. The van der Waals surface area contributed by atoms with Gasteiger partial charge in [-0.2, -0.15) is 61.5 Å². The smallest absolute Gasteiger partial charge is 0.234 e. The van der Waals surface area contributed by atoms with E-state index in [0.717, 1.165) is 0 Å². The van der Waals surface area contributed by atoms with Gasteiger partial charge in [-0.25, -0.2) is 13.2 Å². The van der Waals surface area contributed by atoms with E-state index in [9.17, 15) is 74.6 Å². The average Bonchev–Trinajstić information content (AvgIpc) is 2.55. The van der Waals surface area contributed by atoms with Gasteiger partial charge in [-0.3, -0.25) is 0 Å². The zero-order valence-corrected chi connectivity index (χ0v) is 15.5. The molecule has 3 atom stereocenters. The van der Waals surface area contributed by atoms with Gasteiger partial charge in [0, 0.05) is 0 Å². The highest BCUT2D eigenvalue weighted by molar-refractivity contribution is 6.50. The van der Waals surface area contributed by atoms with Gasteiger partial charge >= 0.3 is 35.8 Å². The molecular weight excluding hydrogens is 561 g/mol. The van der Waals surface area contributed by atoms with Crippen molar-refractivity contribution in [3.05, 3.63) is 11.1 Å². The van der Waals surface area contributed by atoms with Crippen LogP contribution in [0.1, 0.15) is 0 Å². The maximum Gasteiger partial charge on any atom is 0.434 e. The molecule has 31 heavy (non-hydrogen) atoms. The molecule has 0 aromatic carbocycles. The fraction of sp³-hybridized carbons (Fsp3) is 0.818. The lowest BCUT2D eigenvalue weighted by molar-refractivity contribution is -0.394. The number of hydrogen-bond acceptors (Lipinski definition) is 0. The van der Waals surface area contributed by atoms with E-state index in [1.54, 1.807) is 0 Å². The van der Waals surface area contributed by atoms with Crippen LogP contribution >= 0.6 is 34.8 Å². The number of allylic oxidation sites excluding steroid dienone is 1. The minimum atomic E-state index is -8.19. The van der Waals surface area contributed by atoms with Crippen LogP contribution in [0.4, 0.5) is 74.6 Å². The SMILES string of the molecule is FC(F)=C(Cl)C(F)C(F)(F)C(F)(C(F)(F)F)C(F)(F)C(F)C(F)(F)C(Cl)(Cl)C(F)(F)F. The Balaban J connectivity index is 7.04. The first-order valence-corrected chi connectivity index (χ1v) is 7.63. The Hall–Kier alpha value is -0.580. The highest BCUT2D eigenvalue weighted by Crippen LogP contribution is 2.62. The van der Waals surface area contributed by atoms with E-state index in [2.05, 4.69) is 34.8 Å². The predicted molar refractivity (Wildman–Crippen MR) is 70.1 cm³/mol. The molecule has 0 aromatic rings. The van der Waals surface area contributed by atoms with Crippen molar-refractivity contribution in [1.82, 2.24) is 0 Å². The van der Waals surface area contributed by atoms with Crippen LogP contribution < -0.4 is 0 Å². The number of halogens is 20. The van der Waals surface area contributed by atoms with E-state index >= 15 is 0 Å². The van der Waals surface area contributed by atoms with Gasteiger partial charge < -0.3 is 0 Å². The molecule has 0 radical (unpaired) electrons. The predicted octanol–water partition coefficient (Wildman–Crippen LogP) is 7.92. The average molecular weight is 563 g/mol. The van der Waals surface area contributed by atoms with Gasteiger partial charge in [0.1, 0.15) is 5.03 Å². The third kappa shape index (κ3) is 4.46. The third-order valence-electron chi connectivity index (χ3n) is 3.44. The molecule has 0 N–H and O–H groups in total. The summed E-state index contributed by atoms with van der Waals surface area (Å²) >= 11 is 12.0. The third-order valence-corrected chi connectivity index (χ3v) is 4.71. The molecule has 0 amide bonds. The maximum absolute atomic E-state index is 14.1. The molecule has 0 aromatic heterocycles. The van der Waals surface area contributed by atoms with E-state index < -0.39 is 63.6 Å². The summed E-state index contributed by atoms with van der Waals surface area (Å²) < 4.78 is 216. The Kier molecular flexibility index (Phi) is 8.17. The first-order valence-electron chi connectivity index (χ1n) is 6.49. The van der Waals surface area contributed by atoms with Gasteiger partial charge in [-0.15, -0.1) is 0 Å². The highest BCUT2D eigenvalue weighted by atomic mass is 35.5. The van der Waals surface area contributed by atoms with E-state index in [4.69, 9.17) is 0 Å². The zero-order chi connectivity index (χ0) is 25.8. The Morgan fingerprint density at radius 2 is 0.935 bits per heavy atom. The van der Waals surface area contributed by atoms with Crippen LogP contribution in [0.2, 0.25) is 0 Å². The quantitative estimate of drug-likeness (QED) is 0.218. The molecule has 0 nitrogen and oxygen atoms in total. The summed E-state index contributed by atoms with van der Waals surface area (Å²) in [5, 5.41) is -3.34. The first kappa shape index (κ1) is 30.4. The molecule has 186 valence electrons. The monoisotopic (exact) mass is 562 g/mol. The molecule has 0 saturated heterocycles. The van der Waals surface area contributed by atoms with Crippen LogP contribution in [0.5, 0.6) is 0 Å². The number of rotatable bonds is 7. The van der Waals surface area contributed by atoms with Crippen molar-refractivity contribution in [3.8, 4) is 0 Å². The van der Waals surface area contributed by atoms with Gasteiger partial charge in [0.2, 0.25) is 12.3 Å². The lowest BCUT2D eigenvalue weighted by atomic mass is 9.81. The summed E-state index contributed by atoms with van der Waals surface area (Å²) in [6, 6.07) is 0. The van der Waals surface area contributed by atoms with Gasteiger partial charge in [-0.1, -0.05) is 34.8 Å². The Labute approximate surface area is 173 Å². The number of hydrogen-bond donors (Lipinski definition) is 0. The van der Waals surface area contributed by atoms with E-state index in [1.807, 2.05) is 0 Å². The van der Waals surface area contributed by atoms with E-state index in [1.165, 1.54) is 0 Å². The molecule has 0 fully saturated rings. The fourth-order valence-corrected chi connectivity index (χ4v) is 2.11. The maximum atomic E-state index is 14.1. The van der Waals surface area contributed by atoms with Crippen LogP contribution in [0.3, 0.4) is 0 Å². The Morgan fingerprint density at radius 3 is 1.19 bits per heavy atom. The Morgan fingerprint density at radius 1 is 0.581 bits per heavy atom. The van der Waals surface area contributed by atoms with Crippen molar-refractivity contribution in [1.29, 1.82) is 0 Å². The van der Waals surface area contributed by atoms with Crippen molar-refractivity contribution >= 4 is 34.8 Å². The molecule has 0 aliphatic heterocycles. The van der Waals surface area contributed by atoms with Crippen LogP contribution in [0, 0.1) is 0 Å². The molecule has 20 heteroatoms. The molecule has 0 spiro atoms. The second-order valence-electron chi connectivity index (χ2n) is 5.43. The van der Waals surface area contributed by atoms with Crippen molar-refractivity contribution in [2.45, 2.75) is 52.5 Å². The minimum absolute atomic E-state index is 3.34. The van der Waals surface area contributed by atoms with Gasteiger partial charge in [-0.05, 0) is 0 Å². The molecule has 0 bridgehead atoms. The zero-order valence-electron chi connectivity index (χ0n) is 13.2. The van der Waals surface area contributed by atoms with Crippen LogP contribution in [0.25, 0.3) is 0 Å². The van der Waals surface area contributed by atoms with E-state index in [-0.39, 0.29) is 0 Å². The Bertz CT molecular complexity index is 688. The summed E-state index contributed by atoms with van der Waals surface area (Å²) in [4.78, 5) is 0.